The number of rotatable bonds is 5. The topological polar surface area (TPSA) is 104 Å². The van der Waals surface area contributed by atoms with Gasteiger partial charge in [0.15, 0.2) is 6.10 Å². The van der Waals surface area contributed by atoms with E-state index in [0.29, 0.717) is 11.3 Å². The molecule has 1 unspecified atom stereocenters. The van der Waals surface area contributed by atoms with Crippen molar-refractivity contribution in [3.05, 3.63) is 16.3 Å². The van der Waals surface area contributed by atoms with E-state index < -0.39 is 44.6 Å². The number of hydrogen-bond acceptors (Lipinski definition) is 5. The van der Waals surface area contributed by atoms with E-state index in [1.165, 1.54) is 10.1 Å². The third kappa shape index (κ3) is 3.89. The fourth-order valence-electron chi connectivity index (χ4n) is 1.05. The van der Waals surface area contributed by atoms with Crippen LogP contribution in [0.3, 0.4) is 0 Å². The third-order valence-corrected chi connectivity index (χ3v) is 4.45. The molecule has 0 aromatic carbocycles. The van der Waals surface area contributed by atoms with Gasteiger partial charge in [-0.15, -0.1) is 11.3 Å². The van der Waals surface area contributed by atoms with E-state index in [-0.39, 0.29) is 0 Å². The zero-order valence-corrected chi connectivity index (χ0v) is 10.6. The van der Waals surface area contributed by atoms with Crippen LogP contribution in [0.5, 0.6) is 0 Å². The zero-order valence-electron chi connectivity index (χ0n) is 9.01. The first kappa shape index (κ1) is 15.9. The van der Waals surface area contributed by atoms with E-state index in [1.807, 2.05) is 0 Å². The van der Waals surface area contributed by atoms with Crippen LogP contribution < -0.4 is 4.72 Å². The van der Waals surface area contributed by atoms with Crippen LogP contribution in [-0.4, -0.2) is 43.4 Å². The van der Waals surface area contributed by atoms with Crippen molar-refractivity contribution in [3.63, 3.8) is 0 Å². The number of halogens is 3. The van der Waals surface area contributed by atoms with Crippen molar-refractivity contribution in [2.24, 2.45) is 0 Å². The quantitative estimate of drug-likeness (QED) is 0.739. The number of alkyl halides is 3. The maximum atomic E-state index is 12.0. The average Bonchev–Trinajstić information content (AvgIpc) is 2.74. The highest BCUT2D eigenvalue weighted by molar-refractivity contribution is 7.89. The van der Waals surface area contributed by atoms with Crippen LogP contribution in [0.2, 0.25) is 0 Å². The molecule has 0 bridgehead atoms. The lowest BCUT2D eigenvalue weighted by molar-refractivity contribution is -0.200. The molecule has 0 aliphatic carbocycles. The number of carboxylic acid groups (broad SMARTS) is 1. The first-order valence-corrected chi connectivity index (χ1v) is 6.97. The highest BCUT2D eigenvalue weighted by atomic mass is 32.2. The molecule has 11 heteroatoms. The summed E-state index contributed by atoms with van der Waals surface area (Å²) in [5, 5.41) is 18.6. The van der Waals surface area contributed by atoms with E-state index in [1.54, 1.807) is 0 Å². The maximum Gasteiger partial charge on any atom is 0.415 e. The number of aliphatic hydroxyl groups is 1. The standard InChI is InChI=1S/C8H8F3NO5S2/c9-8(10,11)5(13)3-12-19(16,17)4-1-2-18-6(4)7(14)15/h1-2,5,12-13H,3H2,(H,14,15). The second kappa shape index (κ2) is 5.45. The molecule has 0 aliphatic rings. The molecule has 0 fully saturated rings. The summed E-state index contributed by atoms with van der Waals surface area (Å²) in [5.41, 5.74) is 0. The van der Waals surface area contributed by atoms with Crippen molar-refractivity contribution < 1.29 is 36.6 Å². The SMILES string of the molecule is O=C(O)c1sccc1S(=O)(=O)NCC(O)C(F)(F)F. The number of carboxylic acids is 1. The summed E-state index contributed by atoms with van der Waals surface area (Å²) >= 11 is 0.621. The molecule has 1 aromatic rings. The average molecular weight is 319 g/mol. The Morgan fingerprint density at radius 3 is 2.53 bits per heavy atom. The lowest BCUT2D eigenvalue weighted by atomic mass is 10.4. The zero-order chi connectivity index (χ0) is 14.8. The Kier molecular flexibility index (Phi) is 4.55. The van der Waals surface area contributed by atoms with Gasteiger partial charge in [0.25, 0.3) is 0 Å². The van der Waals surface area contributed by atoms with Gasteiger partial charge >= 0.3 is 12.1 Å². The minimum absolute atomic E-state index is 0.519. The van der Waals surface area contributed by atoms with E-state index in [9.17, 15) is 26.4 Å². The smallest absolute Gasteiger partial charge is 0.415 e. The van der Waals surface area contributed by atoms with Crippen LogP contribution in [0.4, 0.5) is 13.2 Å². The molecule has 0 amide bonds. The largest absolute Gasteiger partial charge is 0.477 e. The molecular formula is C8H8F3NO5S2. The van der Waals surface area contributed by atoms with Crippen LogP contribution in [-0.2, 0) is 10.0 Å². The highest BCUT2D eigenvalue weighted by Crippen LogP contribution is 2.23. The number of thiophene rings is 1. The van der Waals surface area contributed by atoms with Crippen LogP contribution in [0, 0.1) is 0 Å². The summed E-state index contributed by atoms with van der Waals surface area (Å²) in [5.74, 6) is -1.51. The van der Waals surface area contributed by atoms with Gasteiger partial charge < -0.3 is 10.2 Å². The number of sulfonamides is 1. The van der Waals surface area contributed by atoms with Gasteiger partial charge in [-0.25, -0.2) is 17.9 Å². The number of aliphatic hydroxyl groups excluding tert-OH is 1. The Morgan fingerprint density at radius 2 is 2.05 bits per heavy atom. The molecule has 0 aliphatic heterocycles. The van der Waals surface area contributed by atoms with Crippen molar-refractivity contribution in [3.8, 4) is 0 Å². The molecular weight excluding hydrogens is 311 g/mol. The molecule has 6 nitrogen and oxygen atoms in total. The Hall–Kier alpha value is -1.17. The molecule has 0 saturated carbocycles. The summed E-state index contributed by atoms with van der Waals surface area (Å²) in [4.78, 5) is 9.56. The van der Waals surface area contributed by atoms with E-state index >= 15 is 0 Å². The summed E-state index contributed by atoms with van der Waals surface area (Å²) in [6.45, 7) is -1.29. The lowest BCUT2D eigenvalue weighted by Gasteiger charge is -2.15. The minimum Gasteiger partial charge on any atom is -0.477 e. The normalized spacial score (nSPS) is 14.3. The molecule has 1 rings (SSSR count). The molecule has 1 atom stereocenters. The molecule has 0 radical (unpaired) electrons. The number of carbonyl (C=O) groups is 1. The van der Waals surface area contributed by atoms with Gasteiger partial charge in [0.2, 0.25) is 10.0 Å². The Labute approximate surface area is 109 Å². The molecule has 0 spiro atoms. The Balaban J connectivity index is 2.88. The Bertz CT molecular complexity index is 565. The van der Waals surface area contributed by atoms with Gasteiger partial charge in [0.1, 0.15) is 9.77 Å². The molecule has 19 heavy (non-hydrogen) atoms. The predicted octanol–water partition coefficient (Wildman–Crippen LogP) is 0.648. The fraction of sp³-hybridized carbons (Fsp3) is 0.375. The summed E-state index contributed by atoms with van der Waals surface area (Å²) in [6.07, 6.45) is -7.83. The number of aromatic carboxylic acids is 1. The number of hydrogen-bond donors (Lipinski definition) is 3. The van der Waals surface area contributed by atoms with Crippen molar-refractivity contribution >= 4 is 27.3 Å². The molecule has 108 valence electrons. The van der Waals surface area contributed by atoms with Gasteiger partial charge in [-0.2, -0.15) is 13.2 Å². The first-order chi connectivity index (χ1) is 8.55. The van der Waals surface area contributed by atoms with Crippen molar-refractivity contribution in [1.82, 2.24) is 4.72 Å². The van der Waals surface area contributed by atoms with Gasteiger partial charge in [0.05, 0.1) is 0 Å². The van der Waals surface area contributed by atoms with E-state index in [2.05, 4.69) is 0 Å². The highest BCUT2D eigenvalue weighted by Gasteiger charge is 2.39. The van der Waals surface area contributed by atoms with Crippen LogP contribution in [0.1, 0.15) is 9.67 Å². The summed E-state index contributed by atoms with van der Waals surface area (Å²) < 4.78 is 60.7. The first-order valence-electron chi connectivity index (χ1n) is 4.61. The maximum absolute atomic E-state index is 12.0. The van der Waals surface area contributed by atoms with Crippen LogP contribution in [0.15, 0.2) is 16.3 Å². The van der Waals surface area contributed by atoms with Crippen molar-refractivity contribution in [2.75, 3.05) is 6.54 Å². The summed E-state index contributed by atoms with van der Waals surface area (Å²) in [7, 11) is -4.43. The summed E-state index contributed by atoms with van der Waals surface area (Å²) in [6, 6.07) is 0.955. The second-order valence-corrected chi connectivity index (χ2v) is 5.98. The second-order valence-electron chi connectivity index (χ2n) is 3.33. The van der Waals surface area contributed by atoms with Gasteiger partial charge in [-0.3, -0.25) is 0 Å². The third-order valence-electron chi connectivity index (χ3n) is 1.96. The van der Waals surface area contributed by atoms with E-state index in [4.69, 9.17) is 10.2 Å². The van der Waals surface area contributed by atoms with Crippen molar-refractivity contribution in [2.45, 2.75) is 17.2 Å². The minimum atomic E-state index is -4.97. The number of nitrogens with one attached hydrogen (secondary N) is 1. The lowest BCUT2D eigenvalue weighted by Crippen LogP contribution is -2.40. The van der Waals surface area contributed by atoms with Crippen LogP contribution >= 0.6 is 11.3 Å². The van der Waals surface area contributed by atoms with Gasteiger partial charge in [0, 0.05) is 6.54 Å². The Morgan fingerprint density at radius 1 is 1.47 bits per heavy atom. The monoisotopic (exact) mass is 319 g/mol. The van der Waals surface area contributed by atoms with Gasteiger partial charge in [-0.1, -0.05) is 0 Å². The van der Waals surface area contributed by atoms with Crippen LogP contribution in [0.25, 0.3) is 0 Å². The van der Waals surface area contributed by atoms with E-state index in [0.717, 1.165) is 6.07 Å². The molecule has 1 heterocycles. The molecule has 0 saturated heterocycles. The fourth-order valence-corrected chi connectivity index (χ4v) is 3.34. The van der Waals surface area contributed by atoms with Crippen molar-refractivity contribution in [1.29, 1.82) is 0 Å². The van der Waals surface area contributed by atoms with Gasteiger partial charge in [-0.05, 0) is 11.4 Å². The molecule has 1 aromatic heterocycles. The molecule has 3 N–H and O–H groups in total. The predicted molar refractivity (Wildman–Crippen MR) is 58.5 cm³/mol.